The molecule has 1 heterocycles. The van der Waals surface area contributed by atoms with Crippen LogP contribution >= 0.6 is 0 Å². The lowest BCUT2D eigenvalue weighted by atomic mass is 9.79. The van der Waals surface area contributed by atoms with Crippen molar-refractivity contribution in [2.75, 3.05) is 5.32 Å². The number of amides is 2. The maximum absolute atomic E-state index is 13.9. The number of nitrogens with one attached hydrogen (secondary N) is 3. The Kier molecular flexibility index (Phi) is 11.2. The molecule has 2 amide bonds. The lowest BCUT2D eigenvalue weighted by Gasteiger charge is -2.38. The Morgan fingerprint density at radius 3 is 2.31 bits per heavy atom. The molecule has 3 N–H and O–H groups in total. The van der Waals surface area contributed by atoms with Crippen molar-refractivity contribution in [1.29, 1.82) is 5.26 Å². The molecule has 0 bridgehead atoms. The lowest BCUT2D eigenvalue weighted by molar-refractivity contribution is 0.0523. The highest BCUT2D eigenvalue weighted by atomic mass is 32.2. The number of ether oxygens (including phenoxy) is 1. The Hall–Kier alpha value is -4.79. The van der Waals surface area contributed by atoms with Gasteiger partial charge in [0.25, 0.3) is 5.91 Å². The molecular weight excluding hydrogens is 661 g/mol. The van der Waals surface area contributed by atoms with Crippen molar-refractivity contribution in [3.05, 3.63) is 113 Å². The fourth-order valence-corrected chi connectivity index (χ4v) is 6.75. The molecule has 1 aliphatic carbocycles. The van der Waals surface area contributed by atoms with E-state index in [1.165, 1.54) is 12.8 Å². The maximum Gasteiger partial charge on any atom is 0.407 e. The van der Waals surface area contributed by atoms with E-state index in [-0.39, 0.29) is 12.5 Å². The predicted molar refractivity (Wildman–Crippen MR) is 201 cm³/mol. The summed E-state index contributed by atoms with van der Waals surface area (Å²) in [6.45, 7) is 13.3. The number of anilines is 1. The minimum atomic E-state index is -1.43. The number of alkyl carbamates (subject to hydrolysis) is 1. The van der Waals surface area contributed by atoms with Gasteiger partial charge in [-0.1, -0.05) is 49.2 Å². The number of hydrogen-bond donors (Lipinski definition) is 3. The van der Waals surface area contributed by atoms with Gasteiger partial charge in [0.05, 0.1) is 44.3 Å². The smallest absolute Gasteiger partial charge is 0.407 e. The summed E-state index contributed by atoms with van der Waals surface area (Å²) < 4.78 is 23.8. The second-order valence-electron chi connectivity index (χ2n) is 15.2. The first kappa shape index (κ1) is 37.5. The van der Waals surface area contributed by atoms with Crippen LogP contribution in [0.15, 0.2) is 78.9 Å². The van der Waals surface area contributed by atoms with Gasteiger partial charge in [0.15, 0.2) is 0 Å². The van der Waals surface area contributed by atoms with Gasteiger partial charge in [-0.05, 0) is 126 Å². The molecule has 1 aromatic heterocycles. The normalized spacial score (nSPS) is 14.9. The SMILES string of the molecule is Cc1cc(C(=O)Nc2cccc(C(CCC3CC3)(NS(=O)C(C)(C)C)c3ccc(C#N)cc3)c2)n(-c2cccc(CNC(=O)OC(C)(C)C)c2)n1. The number of nitrogens with zero attached hydrogens (tertiary/aromatic N) is 3. The van der Waals surface area contributed by atoms with Gasteiger partial charge in [-0.2, -0.15) is 10.4 Å². The zero-order chi connectivity index (χ0) is 37.0. The maximum atomic E-state index is 13.9. The number of nitriles is 1. The van der Waals surface area contributed by atoms with Gasteiger partial charge in [0.2, 0.25) is 0 Å². The van der Waals surface area contributed by atoms with Crippen LogP contribution in [0.25, 0.3) is 5.69 Å². The van der Waals surface area contributed by atoms with E-state index >= 15 is 0 Å². The van der Waals surface area contributed by atoms with Crippen LogP contribution in [0.3, 0.4) is 0 Å². The molecule has 5 rings (SSSR count). The van der Waals surface area contributed by atoms with E-state index in [0.29, 0.717) is 40.7 Å². The Labute approximate surface area is 303 Å². The van der Waals surface area contributed by atoms with Crippen molar-refractivity contribution in [2.24, 2.45) is 5.92 Å². The fraction of sp³-hybridized carbons (Fsp3) is 0.400. The molecule has 2 unspecified atom stereocenters. The summed E-state index contributed by atoms with van der Waals surface area (Å²) in [5, 5.41) is 20.0. The number of hydrogen-bond acceptors (Lipinski definition) is 6. The van der Waals surface area contributed by atoms with Crippen LogP contribution < -0.4 is 15.4 Å². The van der Waals surface area contributed by atoms with Crippen LogP contribution in [0.5, 0.6) is 0 Å². The third-order valence-electron chi connectivity index (χ3n) is 8.62. The molecule has 0 aliphatic heterocycles. The van der Waals surface area contributed by atoms with Gasteiger partial charge < -0.3 is 15.4 Å². The molecular formula is C40H48N6O4S. The molecule has 11 heteroatoms. The predicted octanol–water partition coefficient (Wildman–Crippen LogP) is 7.82. The van der Waals surface area contributed by atoms with Gasteiger partial charge in [-0.3, -0.25) is 4.79 Å². The Morgan fingerprint density at radius 2 is 1.67 bits per heavy atom. The van der Waals surface area contributed by atoms with Crippen LogP contribution in [0.4, 0.5) is 10.5 Å². The van der Waals surface area contributed by atoms with Gasteiger partial charge in [-0.25, -0.2) is 18.4 Å². The first-order valence-electron chi connectivity index (χ1n) is 17.3. The highest BCUT2D eigenvalue weighted by molar-refractivity contribution is 7.84. The molecule has 3 aromatic carbocycles. The number of rotatable bonds is 12. The molecule has 51 heavy (non-hydrogen) atoms. The summed E-state index contributed by atoms with van der Waals surface area (Å²) >= 11 is 0. The van der Waals surface area contributed by atoms with E-state index in [1.807, 2.05) is 109 Å². The van der Waals surface area contributed by atoms with Crippen molar-refractivity contribution in [2.45, 2.75) is 96.6 Å². The molecule has 1 saturated carbocycles. The van der Waals surface area contributed by atoms with Crippen molar-refractivity contribution < 1.29 is 18.5 Å². The van der Waals surface area contributed by atoms with Crippen LogP contribution in [-0.2, 0) is 27.8 Å². The summed E-state index contributed by atoms with van der Waals surface area (Å²) in [6, 6.07) is 26.5. The number of carbonyl (C=O) groups excluding carboxylic acids is 2. The van der Waals surface area contributed by atoms with E-state index in [4.69, 9.17) is 4.74 Å². The van der Waals surface area contributed by atoms with Gasteiger partial charge in [0, 0.05) is 12.2 Å². The van der Waals surface area contributed by atoms with E-state index in [1.54, 1.807) is 22.9 Å². The number of aromatic nitrogens is 2. The van der Waals surface area contributed by atoms with Crippen LogP contribution in [0.1, 0.15) is 106 Å². The average Bonchev–Trinajstić information content (AvgIpc) is 3.83. The third kappa shape index (κ3) is 9.72. The van der Waals surface area contributed by atoms with Gasteiger partial charge in [-0.15, -0.1) is 0 Å². The number of carbonyl (C=O) groups is 2. The van der Waals surface area contributed by atoms with Crippen molar-refractivity contribution in [3.63, 3.8) is 0 Å². The van der Waals surface area contributed by atoms with Gasteiger partial charge >= 0.3 is 6.09 Å². The fourth-order valence-electron chi connectivity index (χ4n) is 5.79. The standard InChI is InChI=1S/C40H48N6O4S/c1-27-22-35(46(44-27)34-13-8-10-30(23-34)26-42-37(48)50-38(2,3)4)36(47)43-33-12-9-11-32(24-33)40(21-20-28-14-15-28,45-51(49)39(5,6)7)31-18-16-29(25-41)17-19-31/h8-13,16-19,22-24,28,45H,14-15,20-21,26H2,1-7H3,(H,42,48)(H,43,47). The zero-order valence-corrected chi connectivity index (χ0v) is 31.3. The van der Waals surface area contributed by atoms with Crippen LogP contribution in [0.2, 0.25) is 0 Å². The van der Waals surface area contributed by atoms with Crippen molar-refractivity contribution >= 4 is 28.7 Å². The topological polar surface area (TPSA) is 138 Å². The lowest BCUT2D eigenvalue weighted by Crippen LogP contribution is -2.49. The molecule has 1 aliphatic rings. The highest BCUT2D eigenvalue weighted by Crippen LogP contribution is 2.42. The largest absolute Gasteiger partial charge is 0.444 e. The van der Waals surface area contributed by atoms with E-state index < -0.39 is 33.0 Å². The number of benzene rings is 3. The van der Waals surface area contributed by atoms with Crippen molar-refractivity contribution in [3.8, 4) is 11.8 Å². The van der Waals surface area contributed by atoms with Gasteiger partial charge in [0.1, 0.15) is 11.3 Å². The molecule has 0 saturated heterocycles. The Bertz CT molecular complexity index is 1950. The van der Waals surface area contributed by atoms with Crippen LogP contribution in [-0.4, -0.2) is 36.3 Å². The minimum absolute atomic E-state index is 0.243. The first-order chi connectivity index (χ1) is 24.1. The summed E-state index contributed by atoms with van der Waals surface area (Å²) in [4.78, 5) is 26.2. The van der Waals surface area contributed by atoms with E-state index in [2.05, 4.69) is 26.5 Å². The highest BCUT2D eigenvalue weighted by Gasteiger charge is 2.40. The number of aryl methyl sites for hydroxylation is 1. The Morgan fingerprint density at radius 1 is 0.961 bits per heavy atom. The second kappa shape index (κ2) is 15.2. The minimum Gasteiger partial charge on any atom is -0.444 e. The monoisotopic (exact) mass is 708 g/mol. The summed E-state index contributed by atoms with van der Waals surface area (Å²) in [5.74, 6) is 0.267. The molecule has 10 nitrogen and oxygen atoms in total. The van der Waals surface area contributed by atoms with Crippen LogP contribution in [0, 0.1) is 24.2 Å². The zero-order valence-electron chi connectivity index (χ0n) is 30.5. The molecule has 0 radical (unpaired) electrons. The van der Waals surface area contributed by atoms with E-state index in [9.17, 15) is 19.1 Å². The summed E-state index contributed by atoms with van der Waals surface area (Å²) in [5.41, 5.74) is 3.92. The first-order valence-corrected chi connectivity index (χ1v) is 18.5. The second-order valence-corrected chi connectivity index (χ2v) is 17.2. The molecule has 268 valence electrons. The summed E-state index contributed by atoms with van der Waals surface area (Å²) in [7, 11) is -1.43. The van der Waals surface area contributed by atoms with Crippen molar-refractivity contribution in [1.82, 2.24) is 19.8 Å². The summed E-state index contributed by atoms with van der Waals surface area (Å²) in [6.07, 6.45) is 3.47. The third-order valence-corrected chi connectivity index (χ3v) is 10.3. The average molecular weight is 709 g/mol. The molecule has 2 atom stereocenters. The molecule has 0 spiro atoms. The van der Waals surface area contributed by atoms with E-state index in [0.717, 1.165) is 23.1 Å². The quantitative estimate of drug-likeness (QED) is 0.137. The molecule has 4 aromatic rings. The molecule has 1 fully saturated rings. The Balaban J connectivity index is 1.45.